The largest absolute Gasteiger partial charge is 0.361 e. The van der Waals surface area contributed by atoms with Crippen LogP contribution >= 0.6 is 0 Å². The predicted molar refractivity (Wildman–Crippen MR) is 122 cm³/mol. The van der Waals surface area contributed by atoms with Crippen LogP contribution in [0.25, 0.3) is 22.0 Å². The molecular weight excluding hydrogens is 386 g/mol. The van der Waals surface area contributed by atoms with Crippen molar-refractivity contribution in [2.24, 2.45) is 0 Å². The van der Waals surface area contributed by atoms with E-state index >= 15 is 0 Å². The second-order valence-corrected chi connectivity index (χ2v) is 7.87. The van der Waals surface area contributed by atoms with Gasteiger partial charge in [0, 0.05) is 35.8 Å². The van der Waals surface area contributed by atoms with Gasteiger partial charge < -0.3 is 15.2 Å². The summed E-state index contributed by atoms with van der Waals surface area (Å²) < 4.78 is 0. The number of hydrogen-bond donors (Lipinski definition) is 2. The predicted octanol–water partition coefficient (Wildman–Crippen LogP) is 4.96. The Morgan fingerprint density at radius 3 is 2.45 bits per heavy atom. The number of anilines is 1. The van der Waals surface area contributed by atoms with Gasteiger partial charge in [-0.3, -0.25) is 9.59 Å². The first-order valence-electron chi connectivity index (χ1n) is 10.5. The number of nitrogens with one attached hydrogen (secondary N) is 2. The lowest BCUT2D eigenvalue weighted by Crippen LogP contribution is -2.41. The van der Waals surface area contributed by atoms with Crippen molar-refractivity contribution in [3.63, 3.8) is 0 Å². The van der Waals surface area contributed by atoms with E-state index < -0.39 is 6.04 Å². The fourth-order valence-electron chi connectivity index (χ4n) is 4.25. The molecule has 1 unspecified atom stereocenters. The Kier molecular flexibility index (Phi) is 5.00. The van der Waals surface area contributed by atoms with Crippen LogP contribution in [0.5, 0.6) is 0 Å². The van der Waals surface area contributed by atoms with Gasteiger partial charge in [-0.15, -0.1) is 0 Å². The van der Waals surface area contributed by atoms with E-state index in [0.717, 1.165) is 33.3 Å². The molecule has 154 valence electrons. The van der Waals surface area contributed by atoms with E-state index in [2.05, 4.69) is 22.4 Å². The first-order chi connectivity index (χ1) is 15.2. The van der Waals surface area contributed by atoms with Gasteiger partial charge in [-0.2, -0.15) is 0 Å². The van der Waals surface area contributed by atoms with E-state index in [1.54, 1.807) is 4.90 Å². The van der Waals surface area contributed by atoms with Crippen molar-refractivity contribution in [2.75, 3.05) is 5.32 Å². The Morgan fingerprint density at radius 2 is 1.65 bits per heavy atom. The monoisotopic (exact) mass is 409 g/mol. The van der Waals surface area contributed by atoms with Gasteiger partial charge in [0.15, 0.2) is 0 Å². The number of para-hydroxylation sites is 1. The Balaban J connectivity index is 1.30. The molecule has 31 heavy (non-hydrogen) atoms. The fourth-order valence-corrected chi connectivity index (χ4v) is 4.25. The molecule has 1 saturated heterocycles. The number of carbonyl (C=O) groups is 2. The first-order valence-corrected chi connectivity index (χ1v) is 10.5. The van der Waals surface area contributed by atoms with Gasteiger partial charge in [0.05, 0.1) is 0 Å². The fraction of sp³-hybridized carbons (Fsp3) is 0.154. The number of hydrogen-bond acceptors (Lipinski definition) is 2. The summed E-state index contributed by atoms with van der Waals surface area (Å²) >= 11 is 0. The van der Waals surface area contributed by atoms with Crippen molar-refractivity contribution < 1.29 is 9.59 Å². The smallest absolute Gasteiger partial charge is 0.247 e. The van der Waals surface area contributed by atoms with Crippen LogP contribution in [0.4, 0.5) is 5.69 Å². The molecule has 0 spiro atoms. The van der Waals surface area contributed by atoms with Gasteiger partial charge in [-0.05, 0) is 41.3 Å². The molecule has 1 aliphatic heterocycles. The van der Waals surface area contributed by atoms with Crippen LogP contribution in [-0.2, 0) is 16.1 Å². The summed E-state index contributed by atoms with van der Waals surface area (Å²) in [5.74, 6) is -0.122. The van der Waals surface area contributed by atoms with Crippen molar-refractivity contribution in [1.82, 2.24) is 9.88 Å². The highest BCUT2D eigenvalue weighted by Gasteiger charge is 2.36. The molecule has 2 amide bonds. The average molecular weight is 409 g/mol. The van der Waals surface area contributed by atoms with Gasteiger partial charge in [0.25, 0.3) is 0 Å². The number of likely N-dealkylation sites (tertiary alicyclic amines) is 1. The number of benzene rings is 3. The highest BCUT2D eigenvalue weighted by molar-refractivity contribution is 5.99. The van der Waals surface area contributed by atoms with Gasteiger partial charge in [-0.1, -0.05) is 60.7 Å². The maximum Gasteiger partial charge on any atom is 0.247 e. The number of rotatable bonds is 5. The van der Waals surface area contributed by atoms with E-state index in [0.29, 0.717) is 19.4 Å². The third-order valence-electron chi connectivity index (χ3n) is 5.91. The number of fused-ring (bicyclic) bond motifs is 1. The summed E-state index contributed by atoms with van der Waals surface area (Å²) in [6.45, 7) is 0.424. The summed E-state index contributed by atoms with van der Waals surface area (Å²) in [7, 11) is 0. The van der Waals surface area contributed by atoms with Gasteiger partial charge in [0.1, 0.15) is 6.04 Å². The second kappa shape index (κ2) is 8.11. The molecule has 2 heterocycles. The lowest BCUT2D eigenvalue weighted by Gasteiger charge is -2.24. The molecule has 0 bridgehead atoms. The summed E-state index contributed by atoms with van der Waals surface area (Å²) in [5.41, 5.74) is 5.01. The summed E-state index contributed by atoms with van der Waals surface area (Å²) in [6, 6.07) is 25.4. The third-order valence-corrected chi connectivity index (χ3v) is 5.91. The molecule has 0 saturated carbocycles. The van der Waals surface area contributed by atoms with Crippen LogP contribution in [0.1, 0.15) is 18.4 Å². The zero-order chi connectivity index (χ0) is 21.2. The van der Waals surface area contributed by atoms with E-state index in [1.165, 1.54) is 0 Å². The van der Waals surface area contributed by atoms with Crippen LogP contribution in [0.15, 0.2) is 85.1 Å². The molecule has 1 aliphatic rings. The van der Waals surface area contributed by atoms with Crippen molar-refractivity contribution in [3.8, 4) is 11.1 Å². The van der Waals surface area contributed by atoms with Crippen LogP contribution in [0.2, 0.25) is 0 Å². The van der Waals surface area contributed by atoms with Crippen LogP contribution in [-0.4, -0.2) is 27.7 Å². The average Bonchev–Trinajstić information content (AvgIpc) is 3.39. The first kappa shape index (κ1) is 19.1. The topological polar surface area (TPSA) is 65.2 Å². The summed E-state index contributed by atoms with van der Waals surface area (Å²) in [6.07, 6.45) is 2.86. The molecule has 1 aromatic heterocycles. The zero-order valence-electron chi connectivity index (χ0n) is 17.0. The van der Waals surface area contributed by atoms with Crippen molar-refractivity contribution in [1.29, 1.82) is 0 Å². The molecule has 2 N–H and O–H groups in total. The molecule has 4 aromatic rings. The molecule has 0 aliphatic carbocycles. The molecule has 5 heteroatoms. The normalized spacial score (nSPS) is 16.1. The van der Waals surface area contributed by atoms with Crippen LogP contribution < -0.4 is 5.32 Å². The Morgan fingerprint density at radius 1 is 0.935 bits per heavy atom. The Hall–Kier alpha value is -3.86. The third kappa shape index (κ3) is 3.82. The molecule has 5 rings (SSSR count). The number of carbonyl (C=O) groups excluding carboxylic acids is 2. The Labute approximate surface area is 180 Å². The second-order valence-electron chi connectivity index (χ2n) is 7.87. The Bertz CT molecular complexity index is 1230. The molecular formula is C26H23N3O2. The summed E-state index contributed by atoms with van der Waals surface area (Å²) in [5, 5.41) is 4.07. The molecule has 1 fully saturated rings. The SMILES string of the molecule is O=C(Nc1ccc(-c2ccccc2)cc1)C1CCC(=O)N1Cc1c[nH]c2ccccc12. The lowest BCUT2D eigenvalue weighted by molar-refractivity contribution is -0.133. The molecule has 1 atom stereocenters. The number of amides is 2. The number of nitrogens with zero attached hydrogens (tertiary/aromatic N) is 1. The van der Waals surface area contributed by atoms with Crippen LogP contribution in [0.3, 0.4) is 0 Å². The van der Waals surface area contributed by atoms with Crippen molar-refractivity contribution in [3.05, 3.63) is 90.6 Å². The maximum absolute atomic E-state index is 13.0. The van der Waals surface area contributed by atoms with E-state index in [9.17, 15) is 9.59 Å². The quantitative estimate of drug-likeness (QED) is 0.489. The molecule has 3 aromatic carbocycles. The van der Waals surface area contributed by atoms with E-state index in [-0.39, 0.29) is 11.8 Å². The van der Waals surface area contributed by atoms with Gasteiger partial charge in [0.2, 0.25) is 11.8 Å². The van der Waals surface area contributed by atoms with E-state index in [1.807, 2.05) is 72.9 Å². The number of aromatic nitrogens is 1. The molecule has 5 nitrogen and oxygen atoms in total. The highest BCUT2D eigenvalue weighted by atomic mass is 16.2. The minimum atomic E-state index is -0.463. The number of H-pyrrole nitrogens is 1. The zero-order valence-corrected chi connectivity index (χ0v) is 17.0. The maximum atomic E-state index is 13.0. The highest BCUT2D eigenvalue weighted by Crippen LogP contribution is 2.27. The van der Waals surface area contributed by atoms with Gasteiger partial charge >= 0.3 is 0 Å². The standard InChI is InChI=1S/C26H23N3O2/c30-25-15-14-24(29(25)17-20-16-27-23-9-5-4-8-22(20)23)26(31)28-21-12-10-19(11-13-21)18-6-2-1-3-7-18/h1-13,16,24,27H,14-15,17H2,(H,28,31). The van der Waals surface area contributed by atoms with Gasteiger partial charge in [-0.25, -0.2) is 0 Å². The van der Waals surface area contributed by atoms with Crippen molar-refractivity contribution in [2.45, 2.75) is 25.4 Å². The minimum Gasteiger partial charge on any atom is -0.361 e. The minimum absolute atomic E-state index is 0.0184. The lowest BCUT2D eigenvalue weighted by atomic mass is 10.1. The van der Waals surface area contributed by atoms with Crippen molar-refractivity contribution >= 4 is 28.4 Å². The molecule has 0 radical (unpaired) electrons. The van der Waals surface area contributed by atoms with E-state index in [4.69, 9.17) is 0 Å². The summed E-state index contributed by atoms with van der Waals surface area (Å²) in [4.78, 5) is 30.5. The van der Waals surface area contributed by atoms with Crippen LogP contribution in [0, 0.1) is 0 Å². The number of aromatic amines is 1.